The summed E-state index contributed by atoms with van der Waals surface area (Å²) in [5.74, 6) is -0.110. The third-order valence-electron chi connectivity index (χ3n) is 2.30. The minimum Gasteiger partial charge on any atom is -0.352 e. The van der Waals surface area contributed by atoms with Gasteiger partial charge in [0.25, 0.3) is 5.91 Å². The smallest absolute Gasteiger partial charge is 0.252 e. The van der Waals surface area contributed by atoms with Gasteiger partial charge in [0.1, 0.15) is 0 Å². The van der Waals surface area contributed by atoms with Gasteiger partial charge in [-0.15, -0.1) is 0 Å². The molecule has 1 atom stereocenters. The molecule has 0 aliphatic heterocycles. The maximum Gasteiger partial charge on any atom is 0.252 e. The first-order valence-electron chi connectivity index (χ1n) is 5.32. The Morgan fingerprint density at radius 2 is 2.19 bits per heavy atom. The van der Waals surface area contributed by atoms with Crippen molar-refractivity contribution in [3.05, 3.63) is 34.9 Å². The molecule has 88 valence electrons. The monoisotopic (exact) mass is 303 g/mol. The SMILES string of the molecule is CCC(Br)CCNC(=O)c1ccccc1Cl. The van der Waals surface area contributed by atoms with Crippen LogP contribution in [0.2, 0.25) is 5.02 Å². The van der Waals surface area contributed by atoms with Crippen LogP contribution < -0.4 is 5.32 Å². The van der Waals surface area contributed by atoms with E-state index < -0.39 is 0 Å². The summed E-state index contributed by atoms with van der Waals surface area (Å²) in [5.41, 5.74) is 0.534. The van der Waals surface area contributed by atoms with E-state index in [9.17, 15) is 4.79 Å². The molecule has 0 heterocycles. The lowest BCUT2D eigenvalue weighted by atomic mass is 10.2. The average molecular weight is 305 g/mol. The van der Waals surface area contributed by atoms with Crippen molar-refractivity contribution in [1.29, 1.82) is 0 Å². The standard InChI is InChI=1S/C12H15BrClNO/c1-2-9(13)7-8-15-12(16)10-5-3-4-6-11(10)14/h3-6,9H,2,7-8H2,1H3,(H,15,16). The minimum absolute atomic E-state index is 0.110. The molecule has 1 aromatic rings. The van der Waals surface area contributed by atoms with Gasteiger partial charge in [0.15, 0.2) is 0 Å². The van der Waals surface area contributed by atoms with E-state index in [0.717, 1.165) is 12.8 Å². The molecule has 16 heavy (non-hydrogen) atoms. The molecule has 1 aromatic carbocycles. The summed E-state index contributed by atoms with van der Waals surface area (Å²) < 4.78 is 0. The summed E-state index contributed by atoms with van der Waals surface area (Å²) in [6, 6.07) is 7.06. The van der Waals surface area contributed by atoms with E-state index in [4.69, 9.17) is 11.6 Å². The Balaban J connectivity index is 2.44. The molecular weight excluding hydrogens is 289 g/mol. The fourth-order valence-corrected chi connectivity index (χ4v) is 1.74. The first-order valence-corrected chi connectivity index (χ1v) is 6.61. The number of carbonyl (C=O) groups excluding carboxylic acids is 1. The zero-order valence-corrected chi connectivity index (χ0v) is 11.5. The third kappa shape index (κ3) is 4.14. The predicted octanol–water partition coefficient (Wildman–Crippen LogP) is 3.63. The van der Waals surface area contributed by atoms with E-state index in [1.54, 1.807) is 18.2 Å². The van der Waals surface area contributed by atoms with Crippen LogP contribution in [0.1, 0.15) is 30.1 Å². The molecule has 0 spiro atoms. The molecule has 1 amide bonds. The van der Waals surface area contributed by atoms with E-state index in [0.29, 0.717) is 22.0 Å². The number of hydrogen-bond acceptors (Lipinski definition) is 1. The van der Waals surface area contributed by atoms with Gasteiger partial charge in [0, 0.05) is 11.4 Å². The number of carbonyl (C=O) groups is 1. The molecule has 0 saturated carbocycles. The van der Waals surface area contributed by atoms with Crippen molar-refractivity contribution < 1.29 is 4.79 Å². The molecule has 0 fully saturated rings. The number of rotatable bonds is 5. The quantitative estimate of drug-likeness (QED) is 0.827. The molecule has 0 aromatic heterocycles. The number of halogens is 2. The summed E-state index contributed by atoms with van der Waals surface area (Å²) in [4.78, 5) is 12.2. The zero-order chi connectivity index (χ0) is 12.0. The van der Waals surface area contributed by atoms with Crippen LogP contribution in [0.5, 0.6) is 0 Å². The Morgan fingerprint density at radius 1 is 1.50 bits per heavy atom. The number of nitrogens with one attached hydrogen (secondary N) is 1. The molecule has 1 unspecified atom stereocenters. The van der Waals surface area contributed by atoms with E-state index in [2.05, 4.69) is 28.2 Å². The van der Waals surface area contributed by atoms with Gasteiger partial charge in [-0.2, -0.15) is 0 Å². The Hall–Kier alpha value is -0.540. The van der Waals surface area contributed by atoms with Crippen LogP contribution >= 0.6 is 27.5 Å². The normalized spacial score (nSPS) is 12.2. The second-order valence-corrected chi connectivity index (χ2v) is 5.23. The van der Waals surface area contributed by atoms with Crippen molar-refractivity contribution in [2.45, 2.75) is 24.6 Å². The number of hydrogen-bond donors (Lipinski definition) is 1. The molecule has 2 nitrogen and oxygen atoms in total. The van der Waals surface area contributed by atoms with Gasteiger partial charge in [-0.05, 0) is 25.0 Å². The maximum absolute atomic E-state index is 11.7. The summed E-state index contributed by atoms with van der Waals surface area (Å²) in [5, 5.41) is 3.34. The van der Waals surface area contributed by atoms with Crippen LogP contribution in [0.3, 0.4) is 0 Å². The van der Waals surface area contributed by atoms with E-state index in [1.807, 2.05) is 6.07 Å². The van der Waals surface area contributed by atoms with Crippen LogP contribution in [0.4, 0.5) is 0 Å². The van der Waals surface area contributed by atoms with Gasteiger partial charge in [-0.25, -0.2) is 0 Å². The molecule has 0 bridgehead atoms. The van der Waals surface area contributed by atoms with Crippen molar-refractivity contribution >= 4 is 33.4 Å². The molecule has 1 N–H and O–H groups in total. The lowest BCUT2D eigenvalue weighted by molar-refractivity contribution is 0.0953. The van der Waals surface area contributed by atoms with Gasteiger partial charge in [-0.3, -0.25) is 4.79 Å². The first-order chi connectivity index (χ1) is 7.65. The topological polar surface area (TPSA) is 29.1 Å². The lowest BCUT2D eigenvalue weighted by Crippen LogP contribution is -2.26. The van der Waals surface area contributed by atoms with E-state index >= 15 is 0 Å². The second-order valence-electron chi connectivity index (χ2n) is 3.53. The fraction of sp³-hybridized carbons (Fsp3) is 0.417. The molecular formula is C12H15BrClNO. The zero-order valence-electron chi connectivity index (χ0n) is 9.17. The number of alkyl halides is 1. The molecule has 4 heteroatoms. The molecule has 0 radical (unpaired) electrons. The molecule has 0 aliphatic carbocycles. The number of amides is 1. The van der Waals surface area contributed by atoms with Crippen molar-refractivity contribution in [3.63, 3.8) is 0 Å². The molecule has 0 aliphatic rings. The Morgan fingerprint density at radius 3 is 2.81 bits per heavy atom. The van der Waals surface area contributed by atoms with Crippen LogP contribution in [0, 0.1) is 0 Å². The van der Waals surface area contributed by atoms with Crippen molar-refractivity contribution in [2.24, 2.45) is 0 Å². The largest absolute Gasteiger partial charge is 0.352 e. The summed E-state index contributed by atoms with van der Waals surface area (Å²) >= 11 is 9.44. The highest BCUT2D eigenvalue weighted by Gasteiger charge is 2.09. The van der Waals surface area contributed by atoms with E-state index in [-0.39, 0.29) is 5.91 Å². The van der Waals surface area contributed by atoms with Crippen molar-refractivity contribution in [3.8, 4) is 0 Å². The summed E-state index contributed by atoms with van der Waals surface area (Å²) in [6.45, 7) is 2.77. The predicted molar refractivity (Wildman–Crippen MR) is 71.4 cm³/mol. The van der Waals surface area contributed by atoms with Crippen LogP contribution in [-0.2, 0) is 0 Å². The lowest BCUT2D eigenvalue weighted by Gasteiger charge is -2.09. The molecule has 1 rings (SSSR count). The molecule has 0 saturated heterocycles. The summed E-state index contributed by atoms with van der Waals surface area (Å²) in [6.07, 6.45) is 1.98. The highest BCUT2D eigenvalue weighted by molar-refractivity contribution is 9.09. The minimum atomic E-state index is -0.110. The fourth-order valence-electron chi connectivity index (χ4n) is 1.29. The van der Waals surface area contributed by atoms with Gasteiger partial charge >= 0.3 is 0 Å². The van der Waals surface area contributed by atoms with Gasteiger partial charge in [0.2, 0.25) is 0 Å². The Bertz CT molecular complexity index is 357. The highest BCUT2D eigenvalue weighted by atomic mass is 79.9. The Kier molecular flexibility index (Phi) is 5.85. The van der Waals surface area contributed by atoms with Gasteiger partial charge in [0.05, 0.1) is 10.6 Å². The van der Waals surface area contributed by atoms with Gasteiger partial charge < -0.3 is 5.32 Å². The van der Waals surface area contributed by atoms with Crippen LogP contribution in [0.15, 0.2) is 24.3 Å². The first kappa shape index (κ1) is 13.5. The van der Waals surface area contributed by atoms with Crippen molar-refractivity contribution in [1.82, 2.24) is 5.32 Å². The van der Waals surface area contributed by atoms with Crippen LogP contribution in [-0.4, -0.2) is 17.3 Å². The van der Waals surface area contributed by atoms with E-state index in [1.165, 1.54) is 0 Å². The summed E-state index contributed by atoms with van der Waals surface area (Å²) in [7, 11) is 0. The second kappa shape index (κ2) is 6.92. The third-order valence-corrected chi connectivity index (χ3v) is 3.74. The Labute approximate surface area is 110 Å². The van der Waals surface area contributed by atoms with Gasteiger partial charge in [-0.1, -0.05) is 46.6 Å². The van der Waals surface area contributed by atoms with Crippen LogP contribution in [0.25, 0.3) is 0 Å². The highest BCUT2D eigenvalue weighted by Crippen LogP contribution is 2.14. The van der Waals surface area contributed by atoms with Crippen molar-refractivity contribution in [2.75, 3.05) is 6.54 Å². The number of benzene rings is 1. The maximum atomic E-state index is 11.7. The average Bonchev–Trinajstić information content (AvgIpc) is 2.29.